The van der Waals surface area contributed by atoms with E-state index in [0.717, 1.165) is 36.8 Å². The number of nitrogens with zero attached hydrogens (tertiary/aromatic N) is 3. The van der Waals surface area contributed by atoms with Crippen LogP contribution in [0.1, 0.15) is 56.2 Å². The second-order valence-corrected chi connectivity index (χ2v) is 10.2. The van der Waals surface area contributed by atoms with Crippen molar-refractivity contribution >= 4 is 35.3 Å². The van der Waals surface area contributed by atoms with Gasteiger partial charge in [0.2, 0.25) is 11.1 Å². The lowest BCUT2D eigenvalue weighted by Gasteiger charge is -2.30. The van der Waals surface area contributed by atoms with Crippen molar-refractivity contribution in [2.45, 2.75) is 62.1 Å². The van der Waals surface area contributed by atoms with Crippen molar-refractivity contribution in [1.29, 1.82) is 0 Å². The quantitative estimate of drug-likeness (QED) is 0.299. The Balaban J connectivity index is 1.45. The zero-order valence-electron chi connectivity index (χ0n) is 19.3. The first kappa shape index (κ1) is 23.9. The van der Waals surface area contributed by atoms with Crippen LogP contribution in [0.25, 0.3) is 0 Å². The Bertz CT molecular complexity index is 1250. The molecule has 0 spiro atoms. The first-order valence-corrected chi connectivity index (χ1v) is 13.1. The highest BCUT2D eigenvalue weighted by Gasteiger charge is 2.36. The summed E-state index contributed by atoms with van der Waals surface area (Å²) in [7, 11) is 0. The van der Waals surface area contributed by atoms with Gasteiger partial charge in [-0.15, -0.1) is 5.10 Å². The Kier molecular flexibility index (Phi) is 7.11. The van der Waals surface area contributed by atoms with E-state index in [0.29, 0.717) is 33.2 Å². The van der Waals surface area contributed by atoms with Crippen molar-refractivity contribution in [2.75, 3.05) is 5.32 Å². The van der Waals surface area contributed by atoms with E-state index >= 15 is 0 Å². The molecule has 1 saturated carbocycles. The molecule has 1 atom stereocenters. The van der Waals surface area contributed by atoms with E-state index in [9.17, 15) is 9.18 Å². The number of carbonyl (C=O) groups excluding carboxylic acids is 1. The average molecular weight is 513 g/mol. The molecular formula is C26H26ClFN4O2S. The molecule has 0 bridgehead atoms. The minimum absolute atomic E-state index is 0.0794. The van der Waals surface area contributed by atoms with Gasteiger partial charge in [0.15, 0.2) is 0 Å². The fourth-order valence-corrected chi connectivity index (χ4v) is 5.68. The maximum absolute atomic E-state index is 13.7. The predicted molar refractivity (Wildman–Crippen MR) is 135 cm³/mol. The Morgan fingerprint density at radius 1 is 1.17 bits per heavy atom. The Morgan fingerprint density at radius 3 is 2.66 bits per heavy atom. The molecule has 2 aromatic carbocycles. The van der Waals surface area contributed by atoms with Gasteiger partial charge in [0, 0.05) is 16.5 Å². The number of thioether (sulfide) groups is 1. The summed E-state index contributed by atoms with van der Waals surface area (Å²) >= 11 is 7.76. The predicted octanol–water partition coefficient (Wildman–Crippen LogP) is 6.53. The fourth-order valence-electron chi connectivity index (χ4n) is 4.57. The summed E-state index contributed by atoms with van der Waals surface area (Å²) in [6, 6.07) is 13.2. The number of benzene rings is 2. The van der Waals surface area contributed by atoms with Gasteiger partial charge in [-0.05, 0) is 61.9 Å². The highest BCUT2D eigenvalue weighted by molar-refractivity contribution is 7.98. The number of hydrogen-bond acceptors (Lipinski definition) is 6. The van der Waals surface area contributed by atoms with Crippen molar-refractivity contribution in [3.63, 3.8) is 0 Å². The van der Waals surface area contributed by atoms with Crippen LogP contribution < -0.4 is 5.32 Å². The highest BCUT2D eigenvalue weighted by Crippen LogP contribution is 2.38. The summed E-state index contributed by atoms with van der Waals surface area (Å²) in [4.78, 5) is 18.1. The zero-order chi connectivity index (χ0) is 24.4. The van der Waals surface area contributed by atoms with E-state index in [-0.39, 0.29) is 17.9 Å². The summed E-state index contributed by atoms with van der Waals surface area (Å²) in [6.45, 7) is 1.84. The minimum atomic E-state index is -0.579. The van der Waals surface area contributed by atoms with Crippen LogP contribution in [0.4, 0.5) is 10.3 Å². The molecule has 0 amide bonds. The van der Waals surface area contributed by atoms with Crippen LogP contribution in [0.15, 0.2) is 65.0 Å². The van der Waals surface area contributed by atoms with Crippen LogP contribution in [0.2, 0.25) is 5.02 Å². The van der Waals surface area contributed by atoms with E-state index in [1.165, 1.54) is 30.3 Å². The molecule has 6 nitrogen and oxygen atoms in total. The lowest BCUT2D eigenvalue weighted by molar-refractivity contribution is -0.146. The summed E-state index contributed by atoms with van der Waals surface area (Å²) in [5.41, 5.74) is 2.84. The fraction of sp³-hybridized carbons (Fsp3) is 0.346. The van der Waals surface area contributed by atoms with Gasteiger partial charge in [-0.2, -0.15) is 4.98 Å². The molecule has 9 heteroatoms. The number of hydrogen-bond donors (Lipinski definition) is 1. The van der Waals surface area contributed by atoms with Crippen LogP contribution in [0, 0.1) is 5.82 Å². The number of halogens is 2. The van der Waals surface area contributed by atoms with Crippen LogP contribution in [-0.4, -0.2) is 26.8 Å². The van der Waals surface area contributed by atoms with Crippen LogP contribution >= 0.6 is 23.4 Å². The normalized spacial score (nSPS) is 18.2. The van der Waals surface area contributed by atoms with Crippen LogP contribution in [0.5, 0.6) is 0 Å². The molecule has 1 aliphatic carbocycles. The molecular weight excluding hydrogens is 487 g/mol. The van der Waals surface area contributed by atoms with Crippen molar-refractivity contribution in [2.24, 2.45) is 0 Å². The van der Waals surface area contributed by atoms with Gasteiger partial charge in [0.25, 0.3) is 0 Å². The first-order valence-electron chi connectivity index (χ1n) is 11.8. The second-order valence-electron chi connectivity index (χ2n) is 8.83. The summed E-state index contributed by atoms with van der Waals surface area (Å²) in [6.07, 6.45) is 4.98. The van der Waals surface area contributed by atoms with E-state index < -0.39 is 6.04 Å². The van der Waals surface area contributed by atoms with Gasteiger partial charge < -0.3 is 10.1 Å². The van der Waals surface area contributed by atoms with Crippen molar-refractivity contribution in [1.82, 2.24) is 14.8 Å². The number of allylic oxidation sites excluding steroid dienone is 1. The molecule has 2 aliphatic rings. The summed E-state index contributed by atoms with van der Waals surface area (Å²) in [5.74, 6) is 0.410. The van der Waals surface area contributed by atoms with Crippen molar-refractivity contribution in [3.8, 4) is 0 Å². The number of ether oxygens (including phenoxy) is 1. The standard InChI is InChI=1S/C26H26ClFN4O2S/c1-16-22(24(33)34-20-8-3-2-4-9-20)23(17-11-13-19(28)14-12-17)32-25(29-16)30-26(31-32)35-15-18-7-5-6-10-21(18)27/h5-7,10-14,20,23H,2-4,8-9,15H2,1H3,(H,29,30,31). The van der Waals surface area contributed by atoms with Crippen molar-refractivity contribution in [3.05, 3.63) is 81.8 Å². The molecule has 1 N–H and O–H groups in total. The molecule has 1 aliphatic heterocycles. The third-order valence-electron chi connectivity index (χ3n) is 6.38. The van der Waals surface area contributed by atoms with Gasteiger partial charge >= 0.3 is 5.97 Å². The number of anilines is 1. The Morgan fingerprint density at radius 2 is 1.91 bits per heavy atom. The third kappa shape index (κ3) is 5.23. The molecule has 3 aromatic rings. The van der Waals surface area contributed by atoms with E-state index in [2.05, 4.69) is 10.3 Å². The second kappa shape index (κ2) is 10.4. The summed E-state index contributed by atoms with van der Waals surface area (Å²) < 4.78 is 21.3. The maximum Gasteiger partial charge on any atom is 0.338 e. The van der Waals surface area contributed by atoms with Gasteiger partial charge in [0.05, 0.1) is 5.57 Å². The minimum Gasteiger partial charge on any atom is -0.459 e. The largest absolute Gasteiger partial charge is 0.459 e. The van der Waals surface area contributed by atoms with Gasteiger partial charge in [0.1, 0.15) is 18.0 Å². The molecule has 182 valence electrons. The highest BCUT2D eigenvalue weighted by atomic mass is 35.5. The molecule has 1 aromatic heterocycles. The molecule has 0 radical (unpaired) electrons. The Hall–Kier alpha value is -2.84. The third-order valence-corrected chi connectivity index (χ3v) is 7.63. The monoisotopic (exact) mass is 512 g/mol. The SMILES string of the molecule is CC1=C(C(=O)OC2CCCCC2)C(c2ccc(F)cc2)n2nc(SCc3ccccc3Cl)nc2N1. The smallest absolute Gasteiger partial charge is 0.338 e. The number of nitrogens with one attached hydrogen (secondary N) is 1. The number of rotatable bonds is 6. The van der Waals surface area contributed by atoms with E-state index in [1.54, 1.807) is 16.8 Å². The van der Waals surface area contributed by atoms with Gasteiger partial charge in [-0.1, -0.05) is 60.1 Å². The molecule has 5 rings (SSSR count). The van der Waals surface area contributed by atoms with Crippen LogP contribution in [-0.2, 0) is 15.3 Å². The molecule has 0 saturated heterocycles. The molecule has 1 unspecified atom stereocenters. The first-order chi connectivity index (χ1) is 17.0. The van der Waals surface area contributed by atoms with E-state index in [1.807, 2.05) is 31.2 Å². The van der Waals surface area contributed by atoms with E-state index in [4.69, 9.17) is 21.4 Å². The molecule has 35 heavy (non-hydrogen) atoms. The maximum atomic E-state index is 13.7. The summed E-state index contributed by atoms with van der Waals surface area (Å²) in [5, 5.41) is 9.18. The Labute approximate surface area is 212 Å². The lowest BCUT2D eigenvalue weighted by Crippen LogP contribution is -2.32. The number of esters is 1. The van der Waals surface area contributed by atoms with Gasteiger partial charge in [-0.3, -0.25) is 0 Å². The zero-order valence-corrected chi connectivity index (χ0v) is 20.9. The van der Waals surface area contributed by atoms with Gasteiger partial charge in [-0.25, -0.2) is 13.9 Å². The number of aromatic nitrogens is 3. The molecule has 2 heterocycles. The number of carbonyl (C=O) groups is 1. The average Bonchev–Trinajstić information content (AvgIpc) is 3.26. The molecule has 1 fully saturated rings. The van der Waals surface area contributed by atoms with Crippen molar-refractivity contribution < 1.29 is 13.9 Å². The number of fused-ring (bicyclic) bond motifs is 1. The topological polar surface area (TPSA) is 69.0 Å². The van der Waals surface area contributed by atoms with Crippen LogP contribution in [0.3, 0.4) is 0 Å². The lowest BCUT2D eigenvalue weighted by atomic mass is 9.95.